The fourth-order valence-corrected chi connectivity index (χ4v) is 3.12. The highest BCUT2D eigenvalue weighted by Gasteiger charge is 2.05. The molecule has 4 aromatic rings. The van der Waals surface area contributed by atoms with Crippen molar-refractivity contribution in [3.8, 4) is 0 Å². The van der Waals surface area contributed by atoms with Gasteiger partial charge < -0.3 is 4.98 Å². The number of rotatable bonds is 3. The van der Waals surface area contributed by atoms with Gasteiger partial charge in [0.15, 0.2) is 0 Å². The van der Waals surface area contributed by atoms with E-state index in [0.29, 0.717) is 0 Å². The van der Waals surface area contributed by atoms with Crippen molar-refractivity contribution in [2.45, 2.75) is 6.92 Å². The van der Waals surface area contributed by atoms with E-state index in [1.54, 1.807) is 0 Å². The van der Waals surface area contributed by atoms with Crippen LogP contribution in [0.2, 0.25) is 0 Å². The largest absolute Gasteiger partial charge is 0.359 e. The standard InChI is InChI=1S/C23H19N/c1-17-14-21-15-18(12-13-23(21)24-17)16-22(19-8-4-2-5-9-19)20-10-6-3-7-11-20/h2-16,24H,1H3. The smallest absolute Gasteiger partial charge is 0.0456 e. The lowest BCUT2D eigenvalue weighted by molar-refractivity contribution is 1.30. The molecule has 0 aliphatic rings. The average molecular weight is 309 g/mol. The molecule has 24 heavy (non-hydrogen) atoms. The average Bonchev–Trinajstić information content (AvgIpc) is 3.00. The normalized spacial score (nSPS) is 10.7. The maximum Gasteiger partial charge on any atom is 0.0456 e. The molecule has 1 heteroatoms. The third-order valence-electron chi connectivity index (χ3n) is 4.26. The number of hydrogen-bond donors (Lipinski definition) is 1. The maximum atomic E-state index is 3.38. The van der Waals surface area contributed by atoms with Crippen LogP contribution in [0.5, 0.6) is 0 Å². The zero-order valence-electron chi connectivity index (χ0n) is 13.7. The zero-order chi connectivity index (χ0) is 16.4. The van der Waals surface area contributed by atoms with E-state index >= 15 is 0 Å². The van der Waals surface area contributed by atoms with Crippen LogP contribution in [0.3, 0.4) is 0 Å². The Kier molecular flexibility index (Phi) is 3.76. The number of benzene rings is 3. The second kappa shape index (κ2) is 6.21. The van der Waals surface area contributed by atoms with Gasteiger partial charge in [0.1, 0.15) is 0 Å². The molecule has 1 aromatic heterocycles. The minimum atomic E-state index is 1.19. The second-order valence-electron chi connectivity index (χ2n) is 6.09. The van der Waals surface area contributed by atoms with E-state index in [0.717, 1.165) is 0 Å². The fourth-order valence-electron chi connectivity index (χ4n) is 3.12. The number of aromatic nitrogens is 1. The Hall–Kier alpha value is -3.06. The molecule has 0 saturated heterocycles. The molecule has 3 aromatic carbocycles. The molecule has 0 radical (unpaired) electrons. The topological polar surface area (TPSA) is 15.8 Å². The third kappa shape index (κ3) is 2.89. The van der Waals surface area contributed by atoms with Gasteiger partial charge in [-0.25, -0.2) is 0 Å². The minimum absolute atomic E-state index is 1.19. The first-order valence-electron chi connectivity index (χ1n) is 8.21. The summed E-state index contributed by atoms with van der Waals surface area (Å²) in [5.41, 5.74) is 7.29. The summed E-state index contributed by atoms with van der Waals surface area (Å²) in [6, 6.07) is 29.9. The van der Waals surface area contributed by atoms with Gasteiger partial charge >= 0.3 is 0 Å². The van der Waals surface area contributed by atoms with Gasteiger partial charge in [-0.2, -0.15) is 0 Å². The number of aromatic amines is 1. The van der Waals surface area contributed by atoms with E-state index in [-0.39, 0.29) is 0 Å². The molecule has 0 unspecified atom stereocenters. The van der Waals surface area contributed by atoms with Gasteiger partial charge in [0.05, 0.1) is 0 Å². The number of hydrogen-bond acceptors (Lipinski definition) is 0. The minimum Gasteiger partial charge on any atom is -0.359 e. The summed E-state index contributed by atoms with van der Waals surface area (Å²) in [5, 5.41) is 1.25. The molecule has 0 bridgehead atoms. The predicted octanol–water partition coefficient (Wildman–Crippen LogP) is 6.07. The lowest BCUT2D eigenvalue weighted by Gasteiger charge is -2.09. The molecule has 0 aliphatic carbocycles. The molecule has 0 atom stereocenters. The molecule has 0 spiro atoms. The third-order valence-corrected chi connectivity index (χ3v) is 4.26. The summed E-state index contributed by atoms with van der Waals surface area (Å²) in [5.74, 6) is 0. The lowest BCUT2D eigenvalue weighted by atomic mass is 9.95. The molecular formula is C23H19N. The predicted molar refractivity (Wildman–Crippen MR) is 103 cm³/mol. The Bertz CT molecular complexity index is 951. The molecule has 1 nitrogen and oxygen atoms in total. The molecule has 0 aliphatic heterocycles. The molecule has 4 rings (SSSR count). The van der Waals surface area contributed by atoms with E-state index < -0.39 is 0 Å². The van der Waals surface area contributed by atoms with Gasteiger partial charge in [0.2, 0.25) is 0 Å². The zero-order valence-corrected chi connectivity index (χ0v) is 13.7. The fraction of sp³-hybridized carbons (Fsp3) is 0.0435. The van der Waals surface area contributed by atoms with Crippen molar-refractivity contribution in [2.24, 2.45) is 0 Å². The molecule has 0 amide bonds. The van der Waals surface area contributed by atoms with Crippen molar-refractivity contribution in [2.75, 3.05) is 0 Å². The van der Waals surface area contributed by atoms with Gasteiger partial charge in [-0.1, -0.05) is 66.7 Å². The second-order valence-corrected chi connectivity index (χ2v) is 6.09. The lowest BCUT2D eigenvalue weighted by Crippen LogP contribution is -1.88. The first kappa shape index (κ1) is 14.5. The van der Waals surface area contributed by atoms with Crippen molar-refractivity contribution in [3.05, 3.63) is 107 Å². The molecule has 1 heterocycles. The molecule has 0 fully saturated rings. The van der Waals surface area contributed by atoms with Crippen LogP contribution in [0.4, 0.5) is 0 Å². The quantitative estimate of drug-likeness (QED) is 0.442. The SMILES string of the molecule is Cc1cc2cc(C=C(c3ccccc3)c3ccccc3)ccc2[nH]1. The van der Waals surface area contributed by atoms with E-state index in [4.69, 9.17) is 0 Å². The van der Waals surface area contributed by atoms with E-state index in [2.05, 4.69) is 103 Å². The van der Waals surface area contributed by atoms with Crippen molar-refractivity contribution in [3.63, 3.8) is 0 Å². The Morgan fingerprint density at radius 2 is 1.38 bits per heavy atom. The van der Waals surface area contributed by atoms with Gasteiger partial charge in [0, 0.05) is 16.6 Å². The monoisotopic (exact) mass is 309 g/mol. The van der Waals surface area contributed by atoms with E-state index in [9.17, 15) is 0 Å². The highest BCUT2D eigenvalue weighted by atomic mass is 14.7. The van der Waals surface area contributed by atoms with Gasteiger partial charge in [0.25, 0.3) is 0 Å². The van der Waals surface area contributed by atoms with Crippen LogP contribution in [0.1, 0.15) is 22.4 Å². The molecule has 1 N–H and O–H groups in total. The van der Waals surface area contributed by atoms with Gasteiger partial charge in [-0.05, 0) is 53.5 Å². The summed E-state index contributed by atoms with van der Waals surface area (Å²) in [4.78, 5) is 3.38. The Balaban J connectivity index is 1.86. The first-order valence-corrected chi connectivity index (χ1v) is 8.21. The van der Waals surface area contributed by atoms with Gasteiger partial charge in [-0.3, -0.25) is 0 Å². The summed E-state index contributed by atoms with van der Waals surface area (Å²) in [6.07, 6.45) is 2.27. The molecule has 116 valence electrons. The van der Waals surface area contributed by atoms with Crippen LogP contribution < -0.4 is 0 Å². The number of H-pyrrole nitrogens is 1. The molecular weight excluding hydrogens is 290 g/mol. The summed E-state index contributed by atoms with van der Waals surface area (Å²) in [7, 11) is 0. The van der Waals surface area contributed by atoms with Crippen molar-refractivity contribution in [1.82, 2.24) is 4.98 Å². The van der Waals surface area contributed by atoms with Crippen LogP contribution in [0.25, 0.3) is 22.6 Å². The maximum absolute atomic E-state index is 3.38. The number of aryl methyl sites for hydroxylation is 1. The number of nitrogens with one attached hydrogen (secondary N) is 1. The van der Waals surface area contributed by atoms with Crippen LogP contribution in [-0.4, -0.2) is 4.98 Å². The highest BCUT2D eigenvalue weighted by molar-refractivity contribution is 5.93. The van der Waals surface area contributed by atoms with Crippen LogP contribution in [-0.2, 0) is 0 Å². The van der Waals surface area contributed by atoms with Crippen LogP contribution in [0, 0.1) is 6.92 Å². The number of fused-ring (bicyclic) bond motifs is 1. The van der Waals surface area contributed by atoms with Crippen molar-refractivity contribution < 1.29 is 0 Å². The van der Waals surface area contributed by atoms with Crippen molar-refractivity contribution >= 4 is 22.6 Å². The highest BCUT2D eigenvalue weighted by Crippen LogP contribution is 2.27. The summed E-state index contributed by atoms with van der Waals surface area (Å²) in [6.45, 7) is 2.09. The Morgan fingerprint density at radius 3 is 2.00 bits per heavy atom. The van der Waals surface area contributed by atoms with Crippen molar-refractivity contribution in [1.29, 1.82) is 0 Å². The first-order chi connectivity index (χ1) is 11.8. The molecule has 0 saturated carbocycles. The Morgan fingerprint density at radius 1 is 0.750 bits per heavy atom. The van der Waals surface area contributed by atoms with Gasteiger partial charge in [-0.15, -0.1) is 0 Å². The Labute approximate surface area is 142 Å². The summed E-state index contributed by atoms with van der Waals surface area (Å²) < 4.78 is 0. The van der Waals surface area contributed by atoms with E-state index in [1.165, 1.54) is 38.9 Å². The van der Waals surface area contributed by atoms with Crippen LogP contribution in [0.15, 0.2) is 84.9 Å². The summed E-state index contributed by atoms with van der Waals surface area (Å²) >= 11 is 0. The van der Waals surface area contributed by atoms with E-state index in [1.807, 2.05) is 0 Å². The van der Waals surface area contributed by atoms with Crippen LogP contribution >= 0.6 is 0 Å².